The van der Waals surface area contributed by atoms with Gasteiger partial charge in [0.05, 0.1) is 0 Å². The predicted octanol–water partition coefficient (Wildman–Crippen LogP) is 3.28. The fourth-order valence-electron chi connectivity index (χ4n) is 5.02. The van der Waals surface area contributed by atoms with Gasteiger partial charge in [0.15, 0.2) is 0 Å². The van der Waals surface area contributed by atoms with Crippen LogP contribution in [0.5, 0.6) is 0 Å². The third-order valence-corrected chi connectivity index (χ3v) is 5.48. The molecule has 0 aromatic rings. The SMILES string of the molecule is CC(C=O)CC1CC[C@H]2C3CCC(C3)[C@@H]12. The predicted molar refractivity (Wildman–Crippen MR) is 60.4 cm³/mol. The van der Waals surface area contributed by atoms with Crippen molar-refractivity contribution in [2.24, 2.45) is 35.5 Å². The number of hydrogen-bond acceptors (Lipinski definition) is 1. The number of rotatable bonds is 3. The van der Waals surface area contributed by atoms with Crippen molar-refractivity contribution in [3.05, 3.63) is 0 Å². The molecule has 84 valence electrons. The Morgan fingerprint density at radius 1 is 1.20 bits per heavy atom. The van der Waals surface area contributed by atoms with Crippen LogP contribution in [0.1, 0.15) is 45.4 Å². The van der Waals surface area contributed by atoms with Crippen LogP contribution in [-0.2, 0) is 4.79 Å². The van der Waals surface area contributed by atoms with Crippen molar-refractivity contribution in [3.8, 4) is 0 Å². The summed E-state index contributed by atoms with van der Waals surface area (Å²) in [6.07, 6.45) is 9.76. The molecular weight excluding hydrogens is 184 g/mol. The zero-order valence-corrected chi connectivity index (χ0v) is 9.69. The fourth-order valence-corrected chi connectivity index (χ4v) is 5.02. The van der Waals surface area contributed by atoms with Gasteiger partial charge in [-0.05, 0) is 68.1 Å². The Kier molecular flexibility index (Phi) is 2.37. The molecule has 6 atom stereocenters. The number of carbonyl (C=O) groups excluding carboxylic acids is 1. The molecule has 0 spiro atoms. The summed E-state index contributed by atoms with van der Waals surface area (Å²) in [5.41, 5.74) is 0. The molecule has 3 aliphatic carbocycles. The standard InChI is InChI=1S/C14H22O/c1-9(8-15)6-11-4-5-13-10-2-3-12(7-10)14(11)13/h8-14H,2-7H2,1H3/t9?,10?,11?,12?,13-,14+/m0/s1. The first-order valence-electron chi connectivity index (χ1n) is 6.75. The molecule has 15 heavy (non-hydrogen) atoms. The van der Waals surface area contributed by atoms with Crippen LogP contribution in [0.3, 0.4) is 0 Å². The van der Waals surface area contributed by atoms with E-state index in [0.717, 1.165) is 35.9 Å². The Bertz CT molecular complexity index is 260. The quantitative estimate of drug-likeness (QED) is 0.648. The Balaban J connectivity index is 1.69. The summed E-state index contributed by atoms with van der Waals surface area (Å²) in [4.78, 5) is 10.7. The van der Waals surface area contributed by atoms with Crippen molar-refractivity contribution in [1.82, 2.24) is 0 Å². The van der Waals surface area contributed by atoms with Crippen molar-refractivity contribution >= 4 is 6.29 Å². The van der Waals surface area contributed by atoms with Crippen LogP contribution in [-0.4, -0.2) is 6.29 Å². The molecule has 0 aromatic carbocycles. The Morgan fingerprint density at radius 2 is 2.00 bits per heavy atom. The van der Waals surface area contributed by atoms with Crippen LogP contribution in [0.2, 0.25) is 0 Å². The van der Waals surface area contributed by atoms with Gasteiger partial charge in [-0.2, -0.15) is 0 Å². The normalized spacial score (nSPS) is 49.3. The van der Waals surface area contributed by atoms with Crippen LogP contribution in [0.4, 0.5) is 0 Å². The third-order valence-electron chi connectivity index (χ3n) is 5.48. The minimum Gasteiger partial charge on any atom is -0.303 e. The molecule has 0 radical (unpaired) electrons. The number of fused-ring (bicyclic) bond motifs is 5. The molecule has 1 nitrogen and oxygen atoms in total. The van der Waals surface area contributed by atoms with E-state index in [4.69, 9.17) is 0 Å². The lowest BCUT2D eigenvalue weighted by Crippen LogP contribution is -2.23. The van der Waals surface area contributed by atoms with Gasteiger partial charge in [-0.25, -0.2) is 0 Å². The average molecular weight is 206 g/mol. The third kappa shape index (κ3) is 1.46. The van der Waals surface area contributed by atoms with Crippen molar-refractivity contribution < 1.29 is 4.79 Å². The molecule has 2 bridgehead atoms. The van der Waals surface area contributed by atoms with Crippen molar-refractivity contribution in [2.45, 2.75) is 45.4 Å². The van der Waals surface area contributed by atoms with Crippen molar-refractivity contribution in [1.29, 1.82) is 0 Å². The maximum absolute atomic E-state index is 10.7. The summed E-state index contributed by atoms with van der Waals surface area (Å²) in [6, 6.07) is 0. The first-order chi connectivity index (χ1) is 7.29. The summed E-state index contributed by atoms with van der Waals surface area (Å²) < 4.78 is 0. The second kappa shape index (κ2) is 3.61. The van der Waals surface area contributed by atoms with Gasteiger partial charge in [-0.1, -0.05) is 6.92 Å². The molecule has 0 amide bonds. The van der Waals surface area contributed by atoms with E-state index < -0.39 is 0 Å². The second-order valence-corrected chi connectivity index (χ2v) is 6.26. The number of carbonyl (C=O) groups is 1. The summed E-state index contributed by atoms with van der Waals surface area (Å²) in [6.45, 7) is 2.09. The minimum atomic E-state index is 0.299. The molecule has 0 aromatic heterocycles. The Morgan fingerprint density at radius 3 is 2.80 bits per heavy atom. The lowest BCUT2D eigenvalue weighted by Gasteiger charge is -2.29. The van der Waals surface area contributed by atoms with Gasteiger partial charge in [-0.15, -0.1) is 0 Å². The summed E-state index contributed by atoms with van der Waals surface area (Å²) in [5, 5.41) is 0. The van der Waals surface area contributed by atoms with Crippen LogP contribution in [0.25, 0.3) is 0 Å². The highest BCUT2D eigenvalue weighted by atomic mass is 16.1. The molecule has 3 saturated carbocycles. The van der Waals surface area contributed by atoms with Gasteiger partial charge in [0.1, 0.15) is 6.29 Å². The minimum absolute atomic E-state index is 0.299. The summed E-state index contributed by atoms with van der Waals surface area (Å²) in [7, 11) is 0. The van der Waals surface area contributed by atoms with E-state index >= 15 is 0 Å². The van der Waals surface area contributed by atoms with Gasteiger partial charge >= 0.3 is 0 Å². The topological polar surface area (TPSA) is 17.1 Å². The van der Waals surface area contributed by atoms with Gasteiger partial charge in [-0.3, -0.25) is 0 Å². The molecule has 0 N–H and O–H groups in total. The van der Waals surface area contributed by atoms with Crippen LogP contribution < -0.4 is 0 Å². The zero-order valence-electron chi connectivity index (χ0n) is 9.69. The van der Waals surface area contributed by atoms with Crippen LogP contribution in [0, 0.1) is 35.5 Å². The molecule has 0 heterocycles. The van der Waals surface area contributed by atoms with Crippen molar-refractivity contribution in [3.63, 3.8) is 0 Å². The van der Waals surface area contributed by atoms with Gasteiger partial charge < -0.3 is 4.79 Å². The molecule has 0 aliphatic heterocycles. The van der Waals surface area contributed by atoms with Crippen LogP contribution in [0.15, 0.2) is 0 Å². The highest BCUT2D eigenvalue weighted by Crippen LogP contribution is 2.61. The summed E-state index contributed by atoms with van der Waals surface area (Å²) in [5.74, 6) is 5.40. The van der Waals surface area contributed by atoms with Gasteiger partial charge in [0.2, 0.25) is 0 Å². The van der Waals surface area contributed by atoms with Gasteiger partial charge in [0.25, 0.3) is 0 Å². The zero-order chi connectivity index (χ0) is 10.4. The maximum Gasteiger partial charge on any atom is 0.122 e. The Hall–Kier alpha value is -0.330. The number of hydrogen-bond donors (Lipinski definition) is 0. The number of aldehydes is 1. The molecule has 3 aliphatic rings. The largest absolute Gasteiger partial charge is 0.303 e. The van der Waals surface area contributed by atoms with E-state index in [1.54, 1.807) is 0 Å². The summed E-state index contributed by atoms with van der Waals surface area (Å²) >= 11 is 0. The van der Waals surface area contributed by atoms with Crippen molar-refractivity contribution in [2.75, 3.05) is 0 Å². The lowest BCUT2D eigenvalue weighted by atomic mass is 9.76. The average Bonchev–Trinajstić information content (AvgIpc) is 2.89. The first kappa shape index (κ1) is 9.86. The molecular formula is C14H22O. The van der Waals surface area contributed by atoms with E-state index in [9.17, 15) is 4.79 Å². The second-order valence-electron chi connectivity index (χ2n) is 6.26. The van der Waals surface area contributed by atoms with E-state index in [1.807, 2.05) is 0 Å². The van der Waals surface area contributed by atoms with Crippen LogP contribution >= 0.6 is 0 Å². The molecule has 1 heteroatoms. The van der Waals surface area contributed by atoms with E-state index in [-0.39, 0.29) is 0 Å². The smallest absolute Gasteiger partial charge is 0.122 e. The first-order valence-corrected chi connectivity index (χ1v) is 6.75. The molecule has 3 rings (SSSR count). The highest BCUT2D eigenvalue weighted by molar-refractivity contribution is 5.52. The van der Waals surface area contributed by atoms with Gasteiger partial charge in [0, 0.05) is 5.92 Å². The molecule has 4 unspecified atom stereocenters. The monoisotopic (exact) mass is 206 g/mol. The highest BCUT2D eigenvalue weighted by Gasteiger charge is 2.52. The molecule has 3 fully saturated rings. The Labute approximate surface area is 92.6 Å². The fraction of sp³-hybridized carbons (Fsp3) is 0.929. The lowest BCUT2D eigenvalue weighted by molar-refractivity contribution is -0.111. The van der Waals surface area contributed by atoms with E-state index in [1.165, 1.54) is 38.5 Å². The molecule has 0 saturated heterocycles. The van der Waals surface area contributed by atoms with E-state index in [2.05, 4.69) is 6.92 Å². The van der Waals surface area contributed by atoms with E-state index in [0.29, 0.717) is 5.92 Å². The maximum atomic E-state index is 10.7.